The fourth-order valence-corrected chi connectivity index (χ4v) is 3.18. The Balaban J connectivity index is 2.03. The summed E-state index contributed by atoms with van der Waals surface area (Å²) in [7, 11) is 0. The van der Waals surface area contributed by atoms with Crippen LogP contribution in [0.2, 0.25) is 0 Å². The number of aromatic nitrogens is 2. The first-order valence-corrected chi connectivity index (χ1v) is 8.42. The molecule has 0 radical (unpaired) electrons. The zero-order valence-corrected chi connectivity index (χ0v) is 13.7. The van der Waals surface area contributed by atoms with Crippen LogP contribution in [0.5, 0.6) is 0 Å². The van der Waals surface area contributed by atoms with Crippen molar-refractivity contribution < 1.29 is 4.39 Å². The van der Waals surface area contributed by atoms with Crippen LogP contribution in [0.1, 0.15) is 25.5 Å². The predicted molar refractivity (Wildman–Crippen MR) is 96.7 cm³/mol. The van der Waals surface area contributed by atoms with E-state index in [1.807, 2.05) is 28.8 Å². The molecule has 0 saturated heterocycles. The lowest BCUT2D eigenvalue weighted by molar-refractivity contribution is 0.630. The van der Waals surface area contributed by atoms with Gasteiger partial charge in [0.15, 0.2) is 0 Å². The molecule has 0 bridgehead atoms. The molecular formula is C21H19FN2. The molecule has 2 aromatic carbocycles. The van der Waals surface area contributed by atoms with Gasteiger partial charge in [-0.2, -0.15) is 5.10 Å². The van der Waals surface area contributed by atoms with Gasteiger partial charge in [-0.25, -0.2) is 8.91 Å². The first-order chi connectivity index (χ1) is 11.8. The van der Waals surface area contributed by atoms with Crippen molar-refractivity contribution >= 4 is 16.3 Å². The molecule has 4 rings (SSSR count). The number of benzene rings is 2. The normalized spacial score (nSPS) is 11.4. The molecule has 2 heterocycles. The molecule has 0 spiro atoms. The Morgan fingerprint density at radius 2 is 1.83 bits per heavy atom. The lowest BCUT2D eigenvalue weighted by Gasteiger charge is -2.09. The van der Waals surface area contributed by atoms with Crippen LogP contribution in [0.3, 0.4) is 0 Å². The van der Waals surface area contributed by atoms with Gasteiger partial charge in [-0.3, -0.25) is 0 Å². The van der Waals surface area contributed by atoms with Gasteiger partial charge in [0.1, 0.15) is 5.82 Å². The molecule has 2 nitrogen and oxygen atoms in total. The quantitative estimate of drug-likeness (QED) is 0.476. The van der Waals surface area contributed by atoms with Crippen LogP contribution in [0.4, 0.5) is 4.39 Å². The molecule has 0 aliphatic heterocycles. The molecule has 0 aliphatic carbocycles. The summed E-state index contributed by atoms with van der Waals surface area (Å²) in [5.41, 5.74) is 4.18. The predicted octanol–water partition coefficient (Wildman–Crippen LogP) is 5.64. The van der Waals surface area contributed by atoms with Crippen LogP contribution in [0, 0.1) is 5.82 Å². The van der Waals surface area contributed by atoms with E-state index in [0.717, 1.165) is 52.5 Å². The summed E-state index contributed by atoms with van der Waals surface area (Å²) < 4.78 is 15.7. The second kappa shape index (κ2) is 6.08. The minimum Gasteiger partial charge on any atom is -0.232 e. The lowest BCUT2D eigenvalue weighted by atomic mass is 10.1. The highest BCUT2D eigenvalue weighted by atomic mass is 19.1. The molecular weight excluding hydrogens is 299 g/mol. The average Bonchev–Trinajstić information content (AvgIpc) is 3.04. The fraction of sp³-hybridized carbons (Fsp3) is 0.190. The Morgan fingerprint density at radius 3 is 2.62 bits per heavy atom. The van der Waals surface area contributed by atoms with E-state index in [0.29, 0.717) is 0 Å². The number of pyridine rings is 1. The van der Waals surface area contributed by atoms with Crippen molar-refractivity contribution in [3.05, 3.63) is 72.2 Å². The monoisotopic (exact) mass is 318 g/mol. The third-order valence-electron chi connectivity index (χ3n) is 4.43. The number of fused-ring (bicyclic) bond motifs is 3. The Hall–Kier alpha value is -2.68. The number of halogens is 1. The first kappa shape index (κ1) is 14.9. The highest BCUT2D eigenvalue weighted by molar-refractivity contribution is 5.98. The van der Waals surface area contributed by atoms with Crippen LogP contribution in [0.25, 0.3) is 27.5 Å². The third-order valence-corrected chi connectivity index (χ3v) is 4.43. The molecule has 0 saturated carbocycles. The highest BCUT2D eigenvalue weighted by Crippen LogP contribution is 2.29. The number of unbranched alkanes of at least 4 members (excludes halogenated alkanes) is 1. The summed E-state index contributed by atoms with van der Waals surface area (Å²) in [6.07, 6.45) is 3.19. The fourth-order valence-electron chi connectivity index (χ4n) is 3.18. The number of hydrogen-bond acceptors (Lipinski definition) is 1. The SMILES string of the molecule is CCCCc1cc2c3cc(F)ccc3cc(-c3ccccc3)n2n1. The summed E-state index contributed by atoms with van der Waals surface area (Å²) in [6, 6.07) is 19.4. The van der Waals surface area contributed by atoms with Gasteiger partial charge >= 0.3 is 0 Å². The standard InChI is InChI=1S/C21H19FN2/c1-2-3-9-18-14-21-19-13-17(22)11-10-16(19)12-20(24(21)23-18)15-7-5-4-6-8-15/h4-8,10-14H,2-3,9H2,1H3. The van der Waals surface area contributed by atoms with Gasteiger partial charge in [-0.1, -0.05) is 49.7 Å². The Labute approximate surface area is 140 Å². The van der Waals surface area contributed by atoms with Gasteiger partial charge in [0.2, 0.25) is 0 Å². The van der Waals surface area contributed by atoms with Gasteiger partial charge in [0.05, 0.1) is 16.9 Å². The number of rotatable bonds is 4. The van der Waals surface area contributed by atoms with Crippen LogP contribution >= 0.6 is 0 Å². The van der Waals surface area contributed by atoms with Crippen molar-refractivity contribution in [2.75, 3.05) is 0 Å². The number of aryl methyl sites for hydroxylation is 1. The number of nitrogens with zero attached hydrogens (tertiary/aromatic N) is 2. The Bertz CT molecular complexity index is 1000. The molecule has 24 heavy (non-hydrogen) atoms. The van der Waals surface area contributed by atoms with Crippen LogP contribution < -0.4 is 0 Å². The van der Waals surface area contributed by atoms with Crippen LogP contribution in [-0.4, -0.2) is 9.61 Å². The summed E-state index contributed by atoms with van der Waals surface area (Å²) >= 11 is 0. The van der Waals surface area contributed by atoms with Crippen molar-refractivity contribution in [2.24, 2.45) is 0 Å². The molecule has 4 aromatic rings. The van der Waals surface area contributed by atoms with E-state index in [1.165, 1.54) is 6.07 Å². The summed E-state index contributed by atoms with van der Waals surface area (Å²) in [5.74, 6) is -0.215. The van der Waals surface area contributed by atoms with Gasteiger partial charge in [-0.05, 0) is 42.5 Å². The summed E-state index contributed by atoms with van der Waals surface area (Å²) in [6.45, 7) is 2.18. The van der Waals surface area contributed by atoms with Gasteiger partial charge < -0.3 is 0 Å². The van der Waals surface area contributed by atoms with Gasteiger partial charge in [0, 0.05) is 10.9 Å². The maximum atomic E-state index is 13.8. The zero-order valence-electron chi connectivity index (χ0n) is 13.7. The average molecular weight is 318 g/mol. The van der Waals surface area contributed by atoms with Crippen LogP contribution in [0.15, 0.2) is 60.7 Å². The first-order valence-electron chi connectivity index (χ1n) is 8.42. The third kappa shape index (κ3) is 2.56. The summed E-state index contributed by atoms with van der Waals surface area (Å²) in [5, 5.41) is 6.74. The molecule has 0 N–H and O–H groups in total. The van der Waals surface area contributed by atoms with Crippen molar-refractivity contribution in [3.63, 3.8) is 0 Å². The van der Waals surface area contributed by atoms with E-state index in [4.69, 9.17) is 5.10 Å². The van der Waals surface area contributed by atoms with E-state index >= 15 is 0 Å². The molecule has 0 atom stereocenters. The van der Waals surface area contributed by atoms with E-state index in [9.17, 15) is 4.39 Å². The molecule has 0 fully saturated rings. The van der Waals surface area contributed by atoms with E-state index in [-0.39, 0.29) is 5.82 Å². The van der Waals surface area contributed by atoms with Gasteiger partial charge in [-0.15, -0.1) is 0 Å². The lowest BCUT2D eigenvalue weighted by Crippen LogP contribution is -1.96. The maximum absolute atomic E-state index is 13.8. The molecule has 0 amide bonds. The maximum Gasteiger partial charge on any atom is 0.123 e. The topological polar surface area (TPSA) is 17.3 Å². The van der Waals surface area contributed by atoms with E-state index < -0.39 is 0 Å². The Morgan fingerprint density at radius 1 is 1.00 bits per heavy atom. The largest absolute Gasteiger partial charge is 0.232 e. The zero-order chi connectivity index (χ0) is 16.5. The van der Waals surface area contributed by atoms with Crippen molar-refractivity contribution in [1.82, 2.24) is 9.61 Å². The van der Waals surface area contributed by atoms with Crippen LogP contribution in [-0.2, 0) is 6.42 Å². The highest BCUT2D eigenvalue weighted by Gasteiger charge is 2.12. The molecule has 3 heteroatoms. The van der Waals surface area contributed by atoms with E-state index in [1.54, 1.807) is 6.07 Å². The van der Waals surface area contributed by atoms with Gasteiger partial charge in [0.25, 0.3) is 0 Å². The molecule has 120 valence electrons. The van der Waals surface area contributed by atoms with Crippen molar-refractivity contribution in [1.29, 1.82) is 0 Å². The smallest absolute Gasteiger partial charge is 0.123 e. The van der Waals surface area contributed by atoms with Crippen molar-refractivity contribution in [3.8, 4) is 11.3 Å². The summed E-state index contributed by atoms with van der Waals surface area (Å²) in [4.78, 5) is 0. The van der Waals surface area contributed by atoms with Crippen molar-refractivity contribution in [2.45, 2.75) is 26.2 Å². The number of hydrogen-bond donors (Lipinski definition) is 0. The Kier molecular flexibility index (Phi) is 3.77. The molecule has 0 unspecified atom stereocenters. The minimum absolute atomic E-state index is 0.215. The second-order valence-corrected chi connectivity index (χ2v) is 6.16. The minimum atomic E-state index is -0.215. The second-order valence-electron chi connectivity index (χ2n) is 6.16. The molecule has 2 aromatic heterocycles. The van der Waals surface area contributed by atoms with E-state index in [2.05, 4.69) is 31.2 Å². The molecule has 0 aliphatic rings.